The molecule has 2 heteroatoms. The molecule has 0 radical (unpaired) electrons. The summed E-state index contributed by atoms with van der Waals surface area (Å²) >= 11 is 0. The second kappa shape index (κ2) is 3.84. The molecule has 1 nitrogen and oxygen atoms in total. The average molecular weight is 242 g/mol. The van der Waals surface area contributed by atoms with Crippen molar-refractivity contribution in [3.63, 3.8) is 0 Å². The van der Waals surface area contributed by atoms with E-state index in [1.807, 2.05) is 0 Å². The molecule has 1 fully saturated rings. The van der Waals surface area contributed by atoms with Crippen molar-refractivity contribution < 1.29 is 4.43 Å². The van der Waals surface area contributed by atoms with Gasteiger partial charge in [0.2, 0.25) is 0 Å². The second-order valence-electron chi connectivity index (χ2n) is 8.04. The molecule has 0 spiro atoms. The monoisotopic (exact) mass is 242 g/mol. The largest absolute Gasteiger partial charge is 0.411 e. The van der Waals surface area contributed by atoms with Crippen molar-refractivity contribution in [1.82, 2.24) is 0 Å². The molecule has 96 valence electrons. The average Bonchev–Trinajstić information content (AvgIpc) is 1.97. The molecule has 0 bridgehead atoms. The van der Waals surface area contributed by atoms with Gasteiger partial charge in [-0.1, -0.05) is 48.0 Å². The van der Waals surface area contributed by atoms with Crippen LogP contribution in [0.4, 0.5) is 0 Å². The molecule has 16 heavy (non-hydrogen) atoms. The van der Waals surface area contributed by atoms with Gasteiger partial charge in [0, 0.05) is 0 Å². The van der Waals surface area contributed by atoms with Gasteiger partial charge in [-0.3, -0.25) is 0 Å². The van der Waals surface area contributed by atoms with Gasteiger partial charge in [0.25, 0.3) is 0 Å². The lowest BCUT2D eigenvalue weighted by atomic mass is 9.61. The summed E-state index contributed by atoms with van der Waals surface area (Å²) in [6.45, 7) is 18.8. The molecule has 0 aliphatic carbocycles. The topological polar surface area (TPSA) is 9.23 Å². The number of hydrogen-bond acceptors (Lipinski definition) is 1. The third-order valence-corrected chi connectivity index (χ3v) is 6.64. The lowest BCUT2D eigenvalue weighted by Gasteiger charge is -2.59. The van der Waals surface area contributed by atoms with Crippen LogP contribution >= 0.6 is 0 Å². The van der Waals surface area contributed by atoms with Crippen molar-refractivity contribution in [1.29, 1.82) is 0 Å². The Morgan fingerprint density at radius 3 is 1.62 bits per heavy atom. The van der Waals surface area contributed by atoms with E-state index >= 15 is 0 Å². The Labute approximate surface area is 103 Å². The summed E-state index contributed by atoms with van der Waals surface area (Å²) < 4.78 is 6.73. The molecule has 0 N–H and O–H groups in total. The van der Waals surface area contributed by atoms with Crippen LogP contribution in [-0.2, 0) is 4.43 Å². The van der Waals surface area contributed by atoms with E-state index in [1.54, 1.807) is 0 Å². The zero-order valence-electron chi connectivity index (χ0n) is 12.5. The Bertz CT molecular complexity index is 241. The van der Waals surface area contributed by atoms with Crippen molar-refractivity contribution >= 4 is 8.32 Å². The van der Waals surface area contributed by atoms with Crippen LogP contribution in [0.25, 0.3) is 0 Å². The Hall–Kier alpha value is 0.177. The first-order chi connectivity index (χ1) is 6.91. The Morgan fingerprint density at radius 2 is 1.38 bits per heavy atom. The summed E-state index contributed by atoms with van der Waals surface area (Å²) in [6, 6.07) is 1.32. The van der Waals surface area contributed by atoms with Crippen LogP contribution in [0, 0.1) is 10.8 Å². The van der Waals surface area contributed by atoms with Crippen LogP contribution in [0.5, 0.6) is 0 Å². The fraction of sp³-hybridized carbons (Fsp3) is 1.00. The molecule has 0 amide bonds. The SMILES string of the molecule is CC(C)(C)C1(C(C)(C)C)CCC[Si](C)(C)O1. The number of hydrogen-bond donors (Lipinski definition) is 0. The van der Waals surface area contributed by atoms with Crippen LogP contribution in [0.15, 0.2) is 0 Å². The summed E-state index contributed by atoms with van der Waals surface area (Å²) in [7, 11) is -1.45. The van der Waals surface area contributed by atoms with Crippen LogP contribution in [0.3, 0.4) is 0 Å². The zero-order chi connectivity index (χ0) is 12.8. The van der Waals surface area contributed by atoms with E-state index in [0.717, 1.165) is 0 Å². The maximum Gasteiger partial charge on any atom is 0.187 e. The van der Waals surface area contributed by atoms with E-state index in [2.05, 4.69) is 54.6 Å². The van der Waals surface area contributed by atoms with Gasteiger partial charge in [-0.05, 0) is 36.4 Å². The van der Waals surface area contributed by atoms with E-state index in [1.165, 1.54) is 18.9 Å². The second-order valence-corrected chi connectivity index (χ2v) is 12.3. The Morgan fingerprint density at radius 1 is 0.938 bits per heavy atom. The van der Waals surface area contributed by atoms with Gasteiger partial charge >= 0.3 is 0 Å². The van der Waals surface area contributed by atoms with Gasteiger partial charge in [-0.15, -0.1) is 0 Å². The van der Waals surface area contributed by atoms with E-state index in [9.17, 15) is 0 Å². The fourth-order valence-corrected chi connectivity index (χ4v) is 6.31. The maximum absolute atomic E-state index is 6.73. The first-order valence-corrected chi connectivity index (χ1v) is 9.73. The first kappa shape index (κ1) is 14.2. The van der Waals surface area contributed by atoms with Gasteiger partial charge in [0.15, 0.2) is 8.32 Å². The van der Waals surface area contributed by atoms with Crippen molar-refractivity contribution in [2.45, 2.75) is 79.1 Å². The molecule has 1 saturated heterocycles. The van der Waals surface area contributed by atoms with E-state index < -0.39 is 8.32 Å². The fourth-order valence-electron chi connectivity index (χ4n) is 3.52. The van der Waals surface area contributed by atoms with E-state index in [0.29, 0.717) is 0 Å². The van der Waals surface area contributed by atoms with Crippen LogP contribution in [-0.4, -0.2) is 13.9 Å². The lowest BCUT2D eigenvalue weighted by Crippen LogP contribution is -2.62. The molecule has 1 aliphatic heterocycles. The zero-order valence-corrected chi connectivity index (χ0v) is 13.5. The van der Waals surface area contributed by atoms with E-state index in [4.69, 9.17) is 4.43 Å². The standard InChI is InChI=1S/C14H30OSi/c1-12(2,3)14(13(4,5)6)10-9-11-16(7,8)15-14/h9-11H2,1-8H3. The molecular weight excluding hydrogens is 212 g/mol. The molecular formula is C14H30OSi. The minimum absolute atomic E-state index is 0.0496. The summed E-state index contributed by atoms with van der Waals surface area (Å²) in [5.74, 6) is 0. The molecule has 0 aromatic rings. The summed E-state index contributed by atoms with van der Waals surface area (Å²) in [6.07, 6.45) is 2.56. The van der Waals surface area contributed by atoms with E-state index in [-0.39, 0.29) is 16.4 Å². The predicted octanol–water partition coefficient (Wildman–Crippen LogP) is 4.83. The highest BCUT2D eigenvalue weighted by molar-refractivity contribution is 6.71. The molecule has 1 aliphatic rings. The van der Waals surface area contributed by atoms with Crippen molar-refractivity contribution in [3.8, 4) is 0 Å². The molecule has 0 unspecified atom stereocenters. The highest BCUT2D eigenvalue weighted by Crippen LogP contribution is 2.54. The van der Waals surface area contributed by atoms with Crippen LogP contribution < -0.4 is 0 Å². The maximum atomic E-state index is 6.73. The highest BCUT2D eigenvalue weighted by Gasteiger charge is 2.55. The molecule has 1 heterocycles. The molecule has 0 aromatic heterocycles. The minimum Gasteiger partial charge on any atom is -0.411 e. The van der Waals surface area contributed by atoms with Gasteiger partial charge < -0.3 is 4.43 Å². The summed E-state index contributed by atoms with van der Waals surface area (Å²) in [4.78, 5) is 0. The van der Waals surface area contributed by atoms with Crippen molar-refractivity contribution in [2.24, 2.45) is 10.8 Å². The smallest absolute Gasteiger partial charge is 0.187 e. The summed E-state index contributed by atoms with van der Waals surface area (Å²) in [5, 5.41) is 0. The minimum atomic E-state index is -1.45. The molecule has 1 rings (SSSR count). The normalized spacial score (nSPS) is 25.5. The highest BCUT2D eigenvalue weighted by atomic mass is 28.4. The lowest BCUT2D eigenvalue weighted by molar-refractivity contribution is -0.135. The van der Waals surface area contributed by atoms with Crippen LogP contribution in [0.1, 0.15) is 54.4 Å². The first-order valence-electron chi connectivity index (χ1n) is 6.62. The summed E-state index contributed by atoms with van der Waals surface area (Å²) in [5.41, 5.74) is 0.486. The van der Waals surface area contributed by atoms with Crippen molar-refractivity contribution in [3.05, 3.63) is 0 Å². The molecule has 0 atom stereocenters. The Kier molecular flexibility index (Phi) is 3.42. The third kappa shape index (κ3) is 2.38. The van der Waals surface area contributed by atoms with Gasteiger partial charge in [-0.25, -0.2) is 0 Å². The van der Waals surface area contributed by atoms with Crippen molar-refractivity contribution in [2.75, 3.05) is 0 Å². The third-order valence-electron chi connectivity index (χ3n) is 4.18. The number of rotatable bonds is 0. The predicted molar refractivity (Wildman–Crippen MR) is 74.2 cm³/mol. The van der Waals surface area contributed by atoms with Gasteiger partial charge in [-0.2, -0.15) is 0 Å². The molecule has 0 aromatic carbocycles. The molecule has 0 saturated carbocycles. The van der Waals surface area contributed by atoms with Gasteiger partial charge in [0.1, 0.15) is 0 Å². The quantitative estimate of drug-likeness (QED) is 0.553. The Balaban J connectivity index is 3.16. The van der Waals surface area contributed by atoms with Gasteiger partial charge in [0.05, 0.1) is 5.60 Å². The van der Waals surface area contributed by atoms with Crippen LogP contribution in [0.2, 0.25) is 19.1 Å².